The first-order valence-corrected chi connectivity index (χ1v) is 5.91. The lowest BCUT2D eigenvalue weighted by Gasteiger charge is -2.17. The smallest absolute Gasteiger partial charge is 0.252 e. The molecule has 0 aromatic carbocycles. The van der Waals surface area contributed by atoms with Crippen molar-refractivity contribution >= 4 is 37.8 Å². The average Bonchev–Trinajstić information content (AvgIpc) is 2.37. The van der Waals surface area contributed by atoms with Gasteiger partial charge in [-0.1, -0.05) is 29.3 Å². The maximum atomic E-state index is 11.4. The van der Waals surface area contributed by atoms with E-state index in [0.717, 1.165) is 29.6 Å². The molecule has 0 bridgehead atoms. The van der Waals surface area contributed by atoms with E-state index in [2.05, 4.69) is 38.8 Å². The molecular weight excluding hydrogens is 298 g/mol. The Bertz CT molecular complexity index is 271. The van der Waals surface area contributed by atoms with Crippen molar-refractivity contribution in [3.63, 3.8) is 0 Å². The zero-order valence-corrected chi connectivity index (χ0v) is 10.6. The van der Waals surface area contributed by atoms with Crippen LogP contribution in [0.1, 0.15) is 19.8 Å². The number of hydrogen-bond acceptors (Lipinski definition) is 1. The van der Waals surface area contributed by atoms with Crippen LogP contribution in [0.25, 0.3) is 0 Å². The summed E-state index contributed by atoms with van der Waals surface area (Å²) in [5.41, 5.74) is 0.915. The van der Waals surface area contributed by atoms with Crippen molar-refractivity contribution in [2.75, 3.05) is 6.54 Å². The number of hydrogen-bond donors (Lipinski definition) is 0. The molecule has 4 heteroatoms. The molecule has 0 N–H and O–H groups in total. The van der Waals surface area contributed by atoms with Crippen LogP contribution in [0.4, 0.5) is 0 Å². The molecule has 0 radical (unpaired) electrons. The second-order valence-corrected chi connectivity index (χ2v) is 4.14. The van der Waals surface area contributed by atoms with Gasteiger partial charge in [0, 0.05) is 22.1 Å². The SMILES string of the molecule is CCCCN1C(=O)C=C(Br)/C1=C/Br. The summed E-state index contributed by atoms with van der Waals surface area (Å²) in [6.45, 7) is 2.90. The van der Waals surface area contributed by atoms with E-state index in [4.69, 9.17) is 0 Å². The lowest BCUT2D eigenvalue weighted by molar-refractivity contribution is -0.123. The van der Waals surface area contributed by atoms with Gasteiger partial charge in [0.2, 0.25) is 0 Å². The molecule has 0 atom stereocenters. The van der Waals surface area contributed by atoms with Crippen molar-refractivity contribution in [2.45, 2.75) is 19.8 Å². The van der Waals surface area contributed by atoms with Crippen LogP contribution in [0, 0.1) is 0 Å². The van der Waals surface area contributed by atoms with E-state index in [1.165, 1.54) is 0 Å². The third-order valence-corrected chi connectivity index (χ3v) is 2.96. The van der Waals surface area contributed by atoms with E-state index in [9.17, 15) is 4.79 Å². The minimum Gasteiger partial charge on any atom is -0.307 e. The Morgan fingerprint density at radius 1 is 1.62 bits per heavy atom. The lowest BCUT2D eigenvalue weighted by Crippen LogP contribution is -2.25. The summed E-state index contributed by atoms with van der Waals surface area (Å²) in [5, 5.41) is 0. The first kappa shape index (κ1) is 11.0. The van der Waals surface area contributed by atoms with Gasteiger partial charge >= 0.3 is 0 Å². The Hall–Kier alpha value is -0.0900. The highest BCUT2D eigenvalue weighted by molar-refractivity contribution is 9.12. The van der Waals surface area contributed by atoms with E-state index < -0.39 is 0 Å². The summed E-state index contributed by atoms with van der Waals surface area (Å²) in [6.07, 6.45) is 3.73. The number of allylic oxidation sites excluding steroid dienone is 1. The third kappa shape index (κ3) is 2.44. The van der Waals surface area contributed by atoms with Crippen LogP contribution in [0.2, 0.25) is 0 Å². The predicted molar refractivity (Wildman–Crippen MR) is 60.6 cm³/mol. The number of rotatable bonds is 3. The van der Waals surface area contributed by atoms with E-state index >= 15 is 0 Å². The Kier molecular flexibility index (Phi) is 4.19. The molecule has 13 heavy (non-hydrogen) atoms. The van der Waals surface area contributed by atoms with Crippen molar-refractivity contribution < 1.29 is 4.79 Å². The minimum atomic E-state index is 0.0611. The maximum absolute atomic E-state index is 11.4. The maximum Gasteiger partial charge on any atom is 0.252 e. The van der Waals surface area contributed by atoms with Crippen LogP contribution in [0.15, 0.2) is 21.2 Å². The first-order valence-electron chi connectivity index (χ1n) is 4.20. The van der Waals surface area contributed by atoms with Crippen LogP contribution in [-0.2, 0) is 4.79 Å². The standard InChI is InChI=1S/C9H11Br2NO/c1-2-3-4-12-8(6-10)7(11)5-9(12)13/h5-6H,2-4H2,1H3/b8-6-. The average molecular weight is 309 g/mol. The molecule has 1 amide bonds. The fourth-order valence-electron chi connectivity index (χ4n) is 1.17. The second-order valence-electron chi connectivity index (χ2n) is 2.83. The first-order chi connectivity index (χ1) is 6.20. The molecule has 0 saturated carbocycles. The van der Waals surface area contributed by atoms with Gasteiger partial charge in [-0.3, -0.25) is 4.79 Å². The minimum absolute atomic E-state index is 0.0611. The van der Waals surface area contributed by atoms with Crippen LogP contribution in [0.3, 0.4) is 0 Å². The molecule has 0 aliphatic carbocycles. The fraction of sp³-hybridized carbons (Fsp3) is 0.444. The van der Waals surface area contributed by atoms with Gasteiger partial charge in [0.1, 0.15) is 0 Å². The molecule has 0 saturated heterocycles. The van der Waals surface area contributed by atoms with Gasteiger partial charge in [-0.05, 0) is 22.4 Å². The fourth-order valence-corrected chi connectivity index (χ4v) is 2.49. The molecule has 0 aromatic rings. The molecule has 0 fully saturated rings. The zero-order chi connectivity index (χ0) is 9.84. The molecule has 0 aromatic heterocycles. The van der Waals surface area contributed by atoms with Gasteiger partial charge < -0.3 is 4.90 Å². The summed E-state index contributed by atoms with van der Waals surface area (Å²) < 4.78 is 0.852. The van der Waals surface area contributed by atoms with E-state index in [1.807, 2.05) is 0 Å². The molecule has 1 aliphatic rings. The zero-order valence-electron chi connectivity index (χ0n) is 7.39. The summed E-state index contributed by atoms with van der Waals surface area (Å²) in [4.78, 5) is 15.0. The van der Waals surface area contributed by atoms with Crippen molar-refractivity contribution in [2.24, 2.45) is 0 Å². The summed E-state index contributed by atoms with van der Waals surface area (Å²) in [7, 11) is 0. The molecule has 72 valence electrons. The number of nitrogens with zero attached hydrogens (tertiary/aromatic N) is 1. The largest absolute Gasteiger partial charge is 0.307 e. The number of unbranched alkanes of at least 4 members (excludes halogenated alkanes) is 1. The molecule has 2 nitrogen and oxygen atoms in total. The highest BCUT2D eigenvalue weighted by atomic mass is 79.9. The third-order valence-electron chi connectivity index (χ3n) is 1.89. The van der Waals surface area contributed by atoms with Gasteiger partial charge in [-0.25, -0.2) is 0 Å². The van der Waals surface area contributed by atoms with E-state index in [1.54, 1.807) is 16.0 Å². The van der Waals surface area contributed by atoms with Gasteiger partial charge in [0.15, 0.2) is 0 Å². The number of halogens is 2. The topological polar surface area (TPSA) is 20.3 Å². The molecule has 1 rings (SSSR count). The lowest BCUT2D eigenvalue weighted by atomic mass is 10.3. The van der Waals surface area contributed by atoms with Crippen LogP contribution in [0.5, 0.6) is 0 Å². The van der Waals surface area contributed by atoms with Gasteiger partial charge in [0.25, 0.3) is 5.91 Å². The van der Waals surface area contributed by atoms with Crippen molar-refractivity contribution in [3.05, 3.63) is 21.2 Å². The molecule has 1 heterocycles. The molecular formula is C9H11Br2NO. The highest BCUT2D eigenvalue weighted by Gasteiger charge is 2.24. The van der Waals surface area contributed by atoms with Crippen LogP contribution in [-0.4, -0.2) is 17.4 Å². The van der Waals surface area contributed by atoms with Gasteiger partial charge in [0.05, 0.1) is 5.70 Å². The van der Waals surface area contributed by atoms with Crippen molar-refractivity contribution in [1.82, 2.24) is 4.90 Å². The van der Waals surface area contributed by atoms with Crippen molar-refractivity contribution in [1.29, 1.82) is 0 Å². The number of carbonyl (C=O) groups excluding carboxylic acids is 1. The summed E-state index contributed by atoms with van der Waals surface area (Å²) in [5.74, 6) is 0.0611. The molecule has 0 spiro atoms. The van der Waals surface area contributed by atoms with Crippen molar-refractivity contribution in [3.8, 4) is 0 Å². The van der Waals surface area contributed by atoms with Gasteiger partial charge in [-0.2, -0.15) is 0 Å². The predicted octanol–water partition coefficient (Wildman–Crippen LogP) is 3.14. The Morgan fingerprint density at radius 3 is 2.85 bits per heavy atom. The van der Waals surface area contributed by atoms with Crippen LogP contribution < -0.4 is 0 Å². The molecule has 1 aliphatic heterocycles. The second kappa shape index (κ2) is 4.96. The number of carbonyl (C=O) groups is 1. The Morgan fingerprint density at radius 2 is 2.31 bits per heavy atom. The summed E-state index contributed by atoms with van der Waals surface area (Å²) >= 11 is 6.59. The van der Waals surface area contributed by atoms with E-state index in [-0.39, 0.29) is 5.91 Å². The van der Waals surface area contributed by atoms with Crippen LogP contribution >= 0.6 is 31.9 Å². The quantitative estimate of drug-likeness (QED) is 0.784. The Balaban J connectivity index is 2.70. The Labute approximate surface area is 94.9 Å². The van der Waals surface area contributed by atoms with E-state index in [0.29, 0.717) is 0 Å². The highest BCUT2D eigenvalue weighted by Crippen LogP contribution is 2.29. The summed E-state index contributed by atoms with van der Waals surface area (Å²) in [6, 6.07) is 0. The number of amides is 1. The molecule has 0 unspecified atom stereocenters. The monoisotopic (exact) mass is 307 g/mol. The normalized spacial score (nSPS) is 19.9. The van der Waals surface area contributed by atoms with Gasteiger partial charge in [-0.15, -0.1) is 0 Å².